The molecule has 0 spiro atoms. The summed E-state index contributed by atoms with van der Waals surface area (Å²) in [6, 6.07) is 24.1. The number of para-hydroxylation sites is 1. The van der Waals surface area contributed by atoms with E-state index in [1.54, 1.807) is 36.4 Å². The van der Waals surface area contributed by atoms with Gasteiger partial charge in [-0.05, 0) is 49.4 Å². The topological polar surface area (TPSA) is 73.0 Å². The van der Waals surface area contributed by atoms with E-state index in [0.717, 1.165) is 29.2 Å². The molecule has 5 rings (SSSR count). The first-order chi connectivity index (χ1) is 17.4. The summed E-state index contributed by atoms with van der Waals surface area (Å²) >= 11 is 6.26. The summed E-state index contributed by atoms with van der Waals surface area (Å²) < 4.78 is 0. The van der Waals surface area contributed by atoms with Crippen molar-refractivity contribution in [2.75, 3.05) is 41.3 Å². The third-order valence-corrected chi connectivity index (χ3v) is 6.74. The van der Waals surface area contributed by atoms with Gasteiger partial charge in [0.05, 0.1) is 5.69 Å². The highest BCUT2D eigenvalue weighted by Gasteiger charge is 2.39. The van der Waals surface area contributed by atoms with Crippen molar-refractivity contribution in [1.82, 2.24) is 4.90 Å². The molecule has 3 aromatic carbocycles. The van der Waals surface area contributed by atoms with Crippen LogP contribution in [0.25, 0.3) is 0 Å². The van der Waals surface area contributed by atoms with E-state index >= 15 is 0 Å². The predicted octanol–water partition coefficient (Wildman–Crippen LogP) is 4.39. The van der Waals surface area contributed by atoms with E-state index in [0.29, 0.717) is 30.0 Å². The number of imide groups is 1. The van der Waals surface area contributed by atoms with E-state index in [9.17, 15) is 14.4 Å². The number of rotatable bonds is 5. The second-order valence-electron chi connectivity index (χ2n) is 8.79. The first kappa shape index (κ1) is 23.6. The number of piperazine rings is 1. The predicted molar refractivity (Wildman–Crippen MR) is 141 cm³/mol. The van der Waals surface area contributed by atoms with Crippen LogP contribution in [0.3, 0.4) is 0 Å². The van der Waals surface area contributed by atoms with Gasteiger partial charge in [0, 0.05) is 43.1 Å². The molecule has 2 aliphatic rings. The van der Waals surface area contributed by atoms with Crippen molar-refractivity contribution in [3.05, 3.63) is 101 Å². The second kappa shape index (κ2) is 9.87. The number of hydrogen-bond acceptors (Lipinski definition) is 5. The van der Waals surface area contributed by atoms with Crippen LogP contribution in [0.4, 0.5) is 17.1 Å². The molecular formula is C28H25ClN4O3. The number of aryl methyl sites for hydroxylation is 1. The maximum absolute atomic E-state index is 13.2. The van der Waals surface area contributed by atoms with Crippen LogP contribution in [0.2, 0.25) is 0 Å². The lowest BCUT2D eigenvalue weighted by atomic mass is 10.1. The number of carbonyl (C=O) groups is 3. The van der Waals surface area contributed by atoms with Crippen LogP contribution in [-0.2, 0) is 9.59 Å². The molecule has 0 aromatic heterocycles. The van der Waals surface area contributed by atoms with E-state index in [-0.39, 0.29) is 16.6 Å². The molecule has 0 aliphatic carbocycles. The first-order valence-corrected chi connectivity index (χ1v) is 12.1. The molecule has 3 aromatic rings. The van der Waals surface area contributed by atoms with Gasteiger partial charge in [0.2, 0.25) is 0 Å². The van der Waals surface area contributed by atoms with Crippen LogP contribution in [0.1, 0.15) is 15.9 Å². The minimum atomic E-state index is -0.587. The molecule has 0 atom stereocenters. The minimum absolute atomic E-state index is 0.0108. The quantitative estimate of drug-likeness (QED) is 0.526. The molecule has 0 bridgehead atoms. The van der Waals surface area contributed by atoms with E-state index in [2.05, 4.69) is 22.3 Å². The van der Waals surface area contributed by atoms with Gasteiger partial charge in [-0.2, -0.15) is 0 Å². The van der Waals surface area contributed by atoms with Crippen molar-refractivity contribution in [3.63, 3.8) is 0 Å². The molecule has 8 heteroatoms. The highest BCUT2D eigenvalue weighted by molar-refractivity contribution is 6.53. The van der Waals surface area contributed by atoms with E-state index < -0.39 is 11.8 Å². The van der Waals surface area contributed by atoms with Crippen LogP contribution >= 0.6 is 11.6 Å². The molecule has 1 fully saturated rings. The van der Waals surface area contributed by atoms with E-state index in [1.807, 2.05) is 42.2 Å². The fraction of sp³-hybridized carbons (Fsp3) is 0.179. The van der Waals surface area contributed by atoms with E-state index in [4.69, 9.17) is 11.6 Å². The van der Waals surface area contributed by atoms with Crippen LogP contribution in [0.5, 0.6) is 0 Å². The van der Waals surface area contributed by atoms with Crippen molar-refractivity contribution in [2.24, 2.45) is 0 Å². The maximum atomic E-state index is 13.2. The molecule has 1 saturated heterocycles. The summed E-state index contributed by atoms with van der Waals surface area (Å²) in [7, 11) is 0. The molecule has 0 saturated carbocycles. The first-order valence-electron chi connectivity index (χ1n) is 11.7. The van der Waals surface area contributed by atoms with Crippen molar-refractivity contribution in [3.8, 4) is 0 Å². The summed E-state index contributed by atoms with van der Waals surface area (Å²) in [4.78, 5) is 44.1. The number of halogens is 1. The van der Waals surface area contributed by atoms with Gasteiger partial charge in [-0.1, -0.05) is 53.6 Å². The third kappa shape index (κ3) is 4.57. The fourth-order valence-corrected chi connectivity index (χ4v) is 4.62. The number of benzene rings is 3. The number of amides is 3. The molecule has 2 aliphatic heterocycles. The lowest BCUT2D eigenvalue weighted by Gasteiger charge is -2.36. The third-order valence-electron chi connectivity index (χ3n) is 6.39. The average molecular weight is 501 g/mol. The van der Waals surface area contributed by atoms with Crippen LogP contribution in [-0.4, -0.2) is 48.8 Å². The Labute approximate surface area is 214 Å². The second-order valence-corrected chi connectivity index (χ2v) is 9.17. The average Bonchev–Trinajstić information content (AvgIpc) is 3.12. The molecule has 36 heavy (non-hydrogen) atoms. The van der Waals surface area contributed by atoms with Gasteiger partial charge in [0.1, 0.15) is 10.7 Å². The van der Waals surface area contributed by atoms with Gasteiger partial charge in [0.25, 0.3) is 17.7 Å². The molecule has 7 nitrogen and oxygen atoms in total. The monoisotopic (exact) mass is 500 g/mol. The standard InChI is InChI=1S/C28H25ClN4O3/c1-19-10-12-23(13-11-19)33-27(35)24(29)25(28(33)36)30-21-7-5-6-20(18-21)26(34)32-16-14-31(15-17-32)22-8-3-2-4-9-22/h2-13,18,30H,14-17H2,1H3. The molecular weight excluding hydrogens is 476 g/mol. The highest BCUT2D eigenvalue weighted by atomic mass is 35.5. The smallest absolute Gasteiger partial charge is 0.283 e. The minimum Gasteiger partial charge on any atom is -0.368 e. The Hall–Kier alpha value is -4.10. The Morgan fingerprint density at radius 1 is 0.806 bits per heavy atom. The van der Waals surface area contributed by atoms with Crippen LogP contribution in [0, 0.1) is 6.92 Å². The van der Waals surface area contributed by atoms with Crippen molar-refractivity contribution < 1.29 is 14.4 Å². The zero-order chi connectivity index (χ0) is 25.2. The summed E-state index contributed by atoms with van der Waals surface area (Å²) in [6.07, 6.45) is 0. The Morgan fingerprint density at radius 3 is 2.19 bits per heavy atom. The molecule has 0 unspecified atom stereocenters. The molecule has 182 valence electrons. The summed E-state index contributed by atoms with van der Waals surface area (Å²) in [6.45, 7) is 4.65. The van der Waals surface area contributed by atoms with Crippen molar-refractivity contribution in [1.29, 1.82) is 0 Å². The number of carbonyl (C=O) groups excluding carboxylic acids is 3. The molecule has 0 radical (unpaired) electrons. The van der Waals surface area contributed by atoms with Crippen LogP contribution < -0.4 is 15.1 Å². The number of nitrogens with one attached hydrogen (secondary N) is 1. The fourth-order valence-electron chi connectivity index (χ4n) is 4.40. The van der Waals surface area contributed by atoms with Crippen molar-refractivity contribution >= 4 is 46.4 Å². The molecule has 3 amide bonds. The Morgan fingerprint density at radius 2 is 1.50 bits per heavy atom. The summed E-state index contributed by atoms with van der Waals surface area (Å²) in [5, 5.41) is 2.78. The summed E-state index contributed by atoms with van der Waals surface area (Å²) in [5.74, 6) is -1.21. The van der Waals surface area contributed by atoms with Gasteiger partial charge in [0.15, 0.2) is 0 Å². The van der Waals surface area contributed by atoms with Crippen LogP contribution in [0.15, 0.2) is 89.6 Å². The lowest BCUT2D eigenvalue weighted by Crippen LogP contribution is -2.48. The molecule has 1 N–H and O–H groups in total. The van der Waals surface area contributed by atoms with Gasteiger partial charge in [-0.3, -0.25) is 14.4 Å². The Kier molecular flexibility index (Phi) is 6.48. The Balaban J connectivity index is 1.28. The maximum Gasteiger partial charge on any atom is 0.283 e. The van der Waals surface area contributed by atoms with E-state index in [1.165, 1.54) is 0 Å². The Bertz CT molecular complexity index is 1350. The van der Waals surface area contributed by atoms with Gasteiger partial charge in [-0.15, -0.1) is 0 Å². The number of hydrogen-bond donors (Lipinski definition) is 1. The summed E-state index contributed by atoms with van der Waals surface area (Å²) in [5.41, 5.74) is 3.60. The van der Waals surface area contributed by atoms with Gasteiger partial charge >= 0.3 is 0 Å². The van der Waals surface area contributed by atoms with Gasteiger partial charge in [-0.25, -0.2) is 4.90 Å². The highest BCUT2D eigenvalue weighted by Crippen LogP contribution is 2.30. The number of nitrogens with zero attached hydrogens (tertiary/aromatic N) is 3. The lowest BCUT2D eigenvalue weighted by molar-refractivity contribution is -0.120. The zero-order valence-corrected chi connectivity index (χ0v) is 20.5. The number of anilines is 3. The van der Waals surface area contributed by atoms with Crippen molar-refractivity contribution in [2.45, 2.75) is 6.92 Å². The largest absolute Gasteiger partial charge is 0.368 e. The zero-order valence-electron chi connectivity index (χ0n) is 19.8. The van der Waals surface area contributed by atoms with Gasteiger partial charge < -0.3 is 15.1 Å². The normalized spacial score (nSPS) is 16.1. The molecule has 2 heterocycles. The SMILES string of the molecule is Cc1ccc(N2C(=O)C(Cl)=C(Nc3cccc(C(=O)N4CCN(c5ccccc5)CC4)c3)C2=O)cc1.